The lowest BCUT2D eigenvalue weighted by Crippen LogP contribution is -2.28. The Labute approximate surface area is 117 Å². The number of aromatic nitrogens is 2. The normalized spacial score (nSPS) is 10.2. The summed E-state index contributed by atoms with van der Waals surface area (Å²) in [6.07, 6.45) is 3.93. The Morgan fingerprint density at radius 2 is 2.15 bits per heavy atom. The summed E-state index contributed by atoms with van der Waals surface area (Å²) in [5.74, 6) is 0.728. The molecule has 2 rings (SSSR count). The molecule has 0 fully saturated rings. The Morgan fingerprint density at radius 1 is 1.35 bits per heavy atom. The molecule has 3 N–H and O–H groups in total. The maximum Gasteiger partial charge on any atom is 0.221 e. The van der Waals surface area contributed by atoms with Crippen molar-refractivity contribution in [2.45, 2.75) is 13.0 Å². The number of carbonyl (C=O) groups is 1. The van der Waals surface area contributed by atoms with Gasteiger partial charge in [-0.2, -0.15) is 5.10 Å². The monoisotopic (exact) mass is 274 g/mol. The predicted molar refractivity (Wildman–Crippen MR) is 76.2 cm³/mol. The summed E-state index contributed by atoms with van der Waals surface area (Å²) in [6.45, 7) is 1.48. The van der Waals surface area contributed by atoms with Crippen molar-refractivity contribution in [1.82, 2.24) is 15.1 Å². The maximum absolute atomic E-state index is 11.6. The molecule has 106 valence electrons. The molecule has 1 aromatic heterocycles. The summed E-state index contributed by atoms with van der Waals surface area (Å²) in [4.78, 5) is 11.6. The van der Waals surface area contributed by atoms with Gasteiger partial charge in [0.2, 0.25) is 5.91 Å². The van der Waals surface area contributed by atoms with Gasteiger partial charge < -0.3 is 15.8 Å². The third-order valence-corrected chi connectivity index (χ3v) is 2.70. The Bertz CT molecular complexity index is 523. The second-order valence-electron chi connectivity index (χ2n) is 4.29. The highest BCUT2D eigenvalue weighted by Crippen LogP contribution is 2.12. The van der Waals surface area contributed by atoms with E-state index in [1.165, 1.54) is 0 Å². The topological polar surface area (TPSA) is 82.2 Å². The first-order valence-corrected chi connectivity index (χ1v) is 6.46. The zero-order valence-corrected chi connectivity index (χ0v) is 11.2. The van der Waals surface area contributed by atoms with Crippen molar-refractivity contribution >= 4 is 11.6 Å². The van der Waals surface area contributed by atoms with E-state index in [2.05, 4.69) is 10.4 Å². The lowest BCUT2D eigenvalue weighted by molar-refractivity contribution is -0.121. The zero-order chi connectivity index (χ0) is 14.2. The number of aryl methyl sites for hydroxylation is 1. The number of carbonyl (C=O) groups excluding carboxylic acids is 1. The second-order valence-corrected chi connectivity index (χ2v) is 4.29. The van der Waals surface area contributed by atoms with Gasteiger partial charge in [0, 0.05) is 31.0 Å². The SMILES string of the molecule is Nc1ccc(OCCNC(=O)CCn2cccn2)cc1. The first-order valence-electron chi connectivity index (χ1n) is 6.46. The number of nitrogens with zero attached hydrogens (tertiary/aromatic N) is 2. The number of rotatable bonds is 7. The van der Waals surface area contributed by atoms with E-state index < -0.39 is 0 Å². The summed E-state index contributed by atoms with van der Waals surface area (Å²) in [5.41, 5.74) is 6.27. The minimum atomic E-state index is -0.0126. The van der Waals surface area contributed by atoms with E-state index in [1.807, 2.05) is 12.3 Å². The van der Waals surface area contributed by atoms with Gasteiger partial charge in [-0.3, -0.25) is 9.48 Å². The fourth-order valence-electron chi connectivity index (χ4n) is 1.66. The summed E-state index contributed by atoms with van der Waals surface area (Å²) in [6, 6.07) is 8.98. The number of nitrogens with two attached hydrogens (primary N) is 1. The van der Waals surface area contributed by atoms with Crippen LogP contribution in [0.15, 0.2) is 42.7 Å². The number of anilines is 1. The van der Waals surface area contributed by atoms with E-state index >= 15 is 0 Å². The third-order valence-electron chi connectivity index (χ3n) is 2.70. The van der Waals surface area contributed by atoms with Crippen molar-refractivity contribution in [2.24, 2.45) is 0 Å². The standard InChI is InChI=1S/C14H18N4O2/c15-12-2-4-13(5-3-12)20-11-8-16-14(19)6-10-18-9-1-7-17-18/h1-5,7,9H,6,8,10-11,15H2,(H,16,19). The third kappa shape index (κ3) is 4.64. The van der Waals surface area contributed by atoms with Crippen LogP contribution in [0.25, 0.3) is 0 Å². The van der Waals surface area contributed by atoms with E-state index in [-0.39, 0.29) is 5.91 Å². The molecule has 0 radical (unpaired) electrons. The Morgan fingerprint density at radius 3 is 2.85 bits per heavy atom. The lowest BCUT2D eigenvalue weighted by atomic mass is 10.3. The van der Waals surface area contributed by atoms with Crippen LogP contribution in [0.5, 0.6) is 5.75 Å². The van der Waals surface area contributed by atoms with Crippen molar-refractivity contribution < 1.29 is 9.53 Å². The van der Waals surface area contributed by atoms with Gasteiger partial charge >= 0.3 is 0 Å². The minimum Gasteiger partial charge on any atom is -0.492 e. The smallest absolute Gasteiger partial charge is 0.221 e. The summed E-state index contributed by atoms with van der Waals surface area (Å²) in [7, 11) is 0. The number of nitrogen functional groups attached to an aromatic ring is 1. The molecular weight excluding hydrogens is 256 g/mol. The summed E-state index contributed by atoms with van der Waals surface area (Å²) in [5, 5.41) is 6.83. The van der Waals surface area contributed by atoms with Gasteiger partial charge in [0.25, 0.3) is 0 Å². The first-order chi connectivity index (χ1) is 9.74. The largest absolute Gasteiger partial charge is 0.492 e. The van der Waals surface area contributed by atoms with Crippen molar-refractivity contribution in [3.8, 4) is 5.75 Å². The molecule has 1 heterocycles. The number of hydrogen-bond acceptors (Lipinski definition) is 4. The highest BCUT2D eigenvalue weighted by atomic mass is 16.5. The molecule has 0 aliphatic rings. The van der Waals surface area contributed by atoms with Crippen molar-refractivity contribution in [2.75, 3.05) is 18.9 Å². The van der Waals surface area contributed by atoms with Gasteiger partial charge in [-0.05, 0) is 30.3 Å². The van der Waals surface area contributed by atoms with E-state index in [4.69, 9.17) is 10.5 Å². The average molecular weight is 274 g/mol. The zero-order valence-electron chi connectivity index (χ0n) is 11.2. The molecule has 20 heavy (non-hydrogen) atoms. The van der Waals surface area contributed by atoms with Crippen LogP contribution in [0.1, 0.15) is 6.42 Å². The van der Waals surface area contributed by atoms with Crippen LogP contribution in [-0.4, -0.2) is 28.8 Å². The van der Waals surface area contributed by atoms with Gasteiger partial charge in [-0.15, -0.1) is 0 Å². The van der Waals surface area contributed by atoms with Crippen LogP contribution >= 0.6 is 0 Å². The average Bonchev–Trinajstić information content (AvgIpc) is 2.96. The Balaban J connectivity index is 1.58. The van der Waals surface area contributed by atoms with Gasteiger partial charge in [0.05, 0.1) is 6.54 Å². The molecule has 0 atom stereocenters. The Hall–Kier alpha value is -2.50. The fraction of sp³-hybridized carbons (Fsp3) is 0.286. The summed E-state index contributed by atoms with van der Waals surface area (Å²) >= 11 is 0. The minimum absolute atomic E-state index is 0.0126. The van der Waals surface area contributed by atoms with Crippen LogP contribution in [0.3, 0.4) is 0 Å². The second kappa shape index (κ2) is 7.18. The number of hydrogen-bond donors (Lipinski definition) is 2. The molecule has 0 bridgehead atoms. The van der Waals surface area contributed by atoms with Crippen molar-refractivity contribution in [1.29, 1.82) is 0 Å². The molecule has 0 saturated carbocycles. The quantitative estimate of drug-likeness (QED) is 0.584. The molecule has 1 amide bonds. The molecule has 0 spiro atoms. The van der Waals surface area contributed by atoms with Crippen molar-refractivity contribution in [3.05, 3.63) is 42.7 Å². The van der Waals surface area contributed by atoms with Crippen LogP contribution in [0.2, 0.25) is 0 Å². The molecule has 6 heteroatoms. The number of ether oxygens (including phenoxy) is 1. The van der Waals surface area contributed by atoms with Crippen LogP contribution in [0.4, 0.5) is 5.69 Å². The number of benzene rings is 1. The number of amides is 1. The predicted octanol–water partition coefficient (Wildman–Crippen LogP) is 1.05. The van der Waals surface area contributed by atoms with Crippen LogP contribution < -0.4 is 15.8 Å². The maximum atomic E-state index is 11.6. The molecular formula is C14H18N4O2. The van der Waals surface area contributed by atoms with Crippen LogP contribution in [-0.2, 0) is 11.3 Å². The van der Waals surface area contributed by atoms with Crippen LogP contribution in [0, 0.1) is 0 Å². The van der Waals surface area contributed by atoms with E-state index in [9.17, 15) is 4.79 Å². The number of nitrogens with one attached hydrogen (secondary N) is 1. The first kappa shape index (κ1) is 13.9. The summed E-state index contributed by atoms with van der Waals surface area (Å²) < 4.78 is 7.20. The van der Waals surface area contributed by atoms with E-state index in [1.54, 1.807) is 35.1 Å². The Kier molecular flexibility index (Phi) is 5.00. The van der Waals surface area contributed by atoms with Gasteiger partial charge in [-0.1, -0.05) is 0 Å². The molecule has 0 unspecified atom stereocenters. The molecule has 0 aliphatic carbocycles. The molecule has 6 nitrogen and oxygen atoms in total. The van der Waals surface area contributed by atoms with Crippen molar-refractivity contribution in [3.63, 3.8) is 0 Å². The highest BCUT2D eigenvalue weighted by Gasteiger charge is 2.01. The van der Waals surface area contributed by atoms with E-state index in [0.29, 0.717) is 31.8 Å². The van der Waals surface area contributed by atoms with Gasteiger partial charge in [-0.25, -0.2) is 0 Å². The molecule has 0 aliphatic heterocycles. The molecule has 2 aromatic rings. The lowest BCUT2D eigenvalue weighted by Gasteiger charge is -2.08. The van der Waals surface area contributed by atoms with Gasteiger partial charge in [0.15, 0.2) is 0 Å². The molecule has 0 saturated heterocycles. The highest BCUT2D eigenvalue weighted by molar-refractivity contribution is 5.75. The fourth-order valence-corrected chi connectivity index (χ4v) is 1.66. The van der Waals surface area contributed by atoms with E-state index in [0.717, 1.165) is 5.75 Å². The molecule has 1 aromatic carbocycles. The van der Waals surface area contributed by atoms with Gasteiger partial charge in [0.1, 0.15) is 12.4 Å².